The van der Waals surface area contributed by atoms with Gasteiger partial charge in [0.25, 0.3) is 5.91 Å². The van der Waals surface area contributed by atoms with E-state index in [1.54, 1.807) is 38.1 Å². The van der Waals surface area contributed by atoms with E-state index in [4.69, 9.17) is 4.74 Å². The van der Waals surface area contributed by atoms with Crippen molar-refractivity contribution in [2.75, 3.05) is 12.0 Å². The summed E-state index contributed by atoms with van der Waals surface area (Å²) in [5.41, 5.74) is 1.38. The van der Waals surface area contributed by atoms with E-state index in [1.807, 2.05) is 30.3 Å². The monoisotopic (exact) mass is 351 g/mol. The zero-order valence-corrected chi connectivity index (χ0v) is 15.0. The minimum absolute atomic E-state index is 0.127. The van der Waals surface area contributed by atoms with Crippen LogP contribution in [0.3, 0.4) is 0 Å². The van der Waals surface area contributed by atoms with E-state index in [9.17, 15) is 14.7 Å². The van der Waals surface area contributed by atoms with Crippen molar-refractivity contribution in [1.82, 2.24) is 0 Å². The van der Waals surface area contributed by atoms with Crippen LogP contribution in [0.25, 0.3) is 0 Å². The Morgan fingerprint density at radius 3 is 2.31 bits per heavy atom. The molecule has 5 nitrogen and oxygen atoms in total. The van der Waals surface area contributed by atoms with E-state index >= 15 is 0 Å². The van der Waals surface area contributed by atoms with Gasteiger partial charge in [-0.05, 0) is 17.7 Å². The fourth-order valence-electron chi connectivity index (χ4n) is 3.20. The highest BCUT2D eigenvalue weighted by molar-refractivity contribution is 6.17. The minimum Gasteiger partial charge on any atom is -0.503 e. The SMILES string of the molecule is COc1ccccc1N1C(=O)C(O)=C(C(=O)C(C)C)C1c1ccccc1. The summed E-state index contributed by atoms with van der Waals surface area (Å²) in [6, 6.07) is 15.6. The number of aliphatic hydroxyl groups excluding tert-OH is 1. The number of nitrogens with zero attached hydrogens (tertiary/aromatic N) is 1. The average molecular weight is 351 g/mol. The molecule has 0 saturated carbocycles. The van der Waals surface area contributed by atoms with Gasteiger partial charge in [0.05, 0.1) is 24.4 Å². The van der Waals surface area contributed by atoms with Gasteiger partial charge >= 0.3 is 0 Å². The van der Waals surface area contributed by atoms with Crippen molar-refractivity contribution < 1.29 is 19.4 Å². The second-order valence-corrected chi connectivity index (χ2v) is 6.44. The Morgan fingerprint density at radius 1 is 1.08 bits per heavy atom. The second-order valence-electron chi connectivity index (χ2n) is 6.44. The molecule has 26 heavy (non-hydrogen) atoms. The average Bonchev–Trinajstić information content (AvgIpc) is 2.92. The zero-order valence-electron chi connectivity index (χ0n) is 15.0. The molecule has 1 unspecified atom stereocenters. The number of aliphatic hydroxyl groups is 1. The Morgan fingerprint density at radius 2 is 1.69 bits per heavy atom. The Hall–Kier alpha value is -3.08. The highest BCUT2D eigenvalue weighted by atomic mass is 16.5. The van der Waals surface area contributed by atoms with Crippen LogP contribution in [0, 0.1) is 5.92 Å². The fourth-order valence-corrected chi connectivity index (χ4v) is 3.20. The van der Waals surface area contributed by atoms with E-state index in [-0.39, 0.29) is 17.3 Å². The molecule has 1 N–H and O–H groups in total. The van der Waals surface area contributed by atoms with Crippen LogP contribution in [0.4, 0.5) is 5.69 Å². The Balaban J connectivity index is 2.22. The summed E-state index contributed by atoms with van der Waals surface area (Å²) in [4.78, 5) is 27.1. The zero-order chi connectivity index (χ0) is 18.8. The quantitative estimate of drug-likeness (QED) is 0.889. The molecule has 0 aliphatic carbocycles. The topological polar surface area (TPSA) is 66.8 Å². The Labute approximate surface area is 152 Å². The third-order valence-electron chi connectivity index (χ3n) is 4.46. The lowest BCUT2D eigenvalue weighted by Crippen LogP contribution is -2.31. The predicted octanol–water partition coefficient (Wildman–Crippen LogP) is 3.82. The molecule has 134 valence electrons. The number of ether oxygens (including phenoxy) is 1. The molecule has 2 aromatic rings. The highest BCUT2D eigenvalue weighted by Crippen LogP contribution is 2.44. The molecule has 1 heterocycles. The summed E-state index contributed by atoms with van der Waals surface area (Å²) in [5.74, 6) is -1.20. The van der Waals surface area contributed by atoms with Gasteiger partial charge in [-0.15, -0.1) is 0 Å². The summed E-state index contributed by atoms with van der Waals surface area (Å²) in [6.45, 7) is 3.50. The van der Waals surface area contributed by atoms with Crippen LogP contribution in [0.2, 0.25) is 0 Å². The number of benzene rings is 2. The molecular formula is C21H21NO4. The maximum absolute atomic E-state index is 12.9. The first kappa shape index (κ1) is 17.7. The first-order chi connectivity index (χ1) is 12.5. The van der Waals surface area contributed by atoms with Gasteiger partial charge in [-0.1, -0.05) is 56.3 Å². The van der Waals surface area contributed by atoms with Crippen molar-refractivity contribution in [3.8, 4) is 5.75 Å². The number of carbonyl (C=O) groups excluding carboxylic acids is 2. The molecule has 5 heteroatoms. The van der Waals surface area contributed by atoms with Crippen LogP contribution in [0.5, 0.6) is 5.75 Å². The normalized spacial score (nSPS) is 17.2. The number of anilines is 1. The van der Waals surface area contributed by atoms with Crippen LogP contribution in [-0.2, 0) is 9.59 Å². The fraction of sp³-hybridized carbons (Fsp3) is 0.238. The van der Waals surface area contributed by atoms with Gasteiger partial charge in [-0.2, -0.15) is 0 Å². The Kier molecular flexibility index (Phi) is 4.80. The first-order valence-electron chi connectivity index (χ1n) is 8.46. The molecule has 0 bridgehead atoms. The van der Waals surface area contributed by atoms with E-state index in [0.29, 0.717) is 11.4 Å². The number of amides is 1. The van der Waals surface area contributed by atoms with Crippen LogP contribution in [-0.4, -0.2) is 23.9 Å². The van der Waals surface area contributed by atoms with Gasteiger partial charge in [0, 0.05) is 5.92 Å². The summed E-state index contributed by atoms with van der Waals surface area (Å²) in [5, 5.41) is 10.5. The van der Waals surface area contributed by atoms with E-state index in [1.165, 1.54) is 12.0 Å². The number of Topliss-reactive ketones (excluding diaryl/α,β-unsaturated/α-hetero) is 1. The van der Waals surface area contributed by atoms with Gasteiger partial charge in [0.2, 0.25) is 0 Å². The van der Waals surface area contributed by atoms with Gasteiger partial charge in [0.1, 0.15) is 5.75 Å². The van der Waals surface area contributed by atoms with Crippen LogP contribution in [0.15, 0.2) is 65.9 Å². The molecule has 3 rings (SSSR count). The number of ketones is 1. The van der Waals surface area contributed by atoms with Crippen molar-refractivity contribution in [3.63, 3.8) is 0 Å². The smallest absolute Gasteiger partial charge is 0.294 e. The predicted molar refractivity (Wildman–Crippen MR) is 99.2 cm³/mol. The second kappa shape index (κ2) is 7.04. The molecule has 0 aromatic heterocycles. The maximum Gasteiger partial charge on any atom is 0.294 e. The van der Waals surface area contributed by atoms with Crippen LogP contribution in [0.1, 0.15) is 25.5 Å². The molecule has 1 aliphatic heterocycles. The van der Waals surface area contributed by atoms with Crippen LogP contribution >= 0.6 is 0 Å². The first-order valence-corrected chi connectivity index (χ1v) is 8.46. The molecule has 0 radical (unpaired) electrons. The minimum atomic E-state index is -0.699. The van der Waals surface area contributed by atoms with Crippen molar-refractivity contribution in [2.45, 2.75) is 19.9 Å². The van der Waals surface area contributed by atoms with Crippen molar-refractivity contribution >= 4 is 17.4 Å². The lowest BCUT2D eigenvalue weighted by atomic mass is 9.91. The van der Waals surface area contributed by atoms with Crippen molar-refractivity contribution in [3.05, 3.63) is 71.5 Å². The van der Waals surface area contributed by atoms with Crippen molar-refractivity contribution in [2.24, 2.45) is 5.92 Å². The molecule has 2 aromatic carbocycles. The summed E-state index contributed by atoms with van der Waals surface area (Å²) < 4.78 is 5.39. The van der Waals surface area contributed by atoms with E-state index in [2.05, 4.69) is 0 Å². The number of hydrogen-bond donors (Lipinski definition) is 1. The van der Waals surface area contributed by atoms with Gasteiger partial charge < -0.3 is 9.84 Å². The molecule has 1 aliphatic rings. The number of para-hydroxylation sites is 2. The van der Waals surface area contributed by atoms with Crippen LogP contribution < -0.4 is 9.64 Å². The highest BCUT2D eigenvalue weighted by Gasteiger charge is 2.45. The van der Waals surface area contributed by atoms with Gasteiger partial charge in [0.15, 0.2) is 11.5 Å². The Bertz CT molecular complexity index is 871. The third-order valence-corrected chi connectivity index (χ3v) is 4.46. The van der Waals surface area contributed by atoms with Crippen molar-refractivity contribution in [1.29, 1.82) is 0 Å². The van der Waals surface area contributed by atoms with Gasteiger partial charge in [-0.25, -0.2) is 0 Å². The lowest BCUT2D eigenvalue weighted by molar-refractivity contribution is -0.119. The van der Waals surface area contributed by atoms with E-state index in [0.717, 1.165) is 5.56 Å². The third kappa shape index (κ3) is 2.86. The number of hydrogen-bond acceptors (Lipinski definition) is 4. The maximum atomic E-state index is 12.9. The molecule has 1 amide bonds. The largest absolute Gasteiger partial charge is 0.503 e. The number of rotatable bonds is 5. The summed E-state index contributed by atoms with van der Waals surface area (Å²) >= 11 is 0. The molecule has 0 fully saturated rings. The lowest BCUT2D eigenvalue weighted by Gasteiger charge is -2.28. The standard InChI is InChI=1S/C21H21NO4/c1-13(2)19(23)17-18(14-9-5-4-6-10-14)22(21(25)20(17)24)15-11-7-8-12-16(15)26-3/h4-13,18,24H,1-3H3. The number of methoxy groups -OCH3 is 1. The number of carbonyl (C=O) groups is 2. The molecule has 0 spiro atoms. The van der Waals surface area contributed by atoms with E-state index < -0.39 is 17.7 Å². The van der Waals surface area contributed by atoms with Gasteiger partial charge in [-0.3, -0.25) is 14.5 Å². The molecular weight excluding hydrogens is 330 g/mol. The molecule has 1 atom stereocenters. The summed E-state index contributed by atoms with van der Waals surface area (Å²) in [6.07, 6.45) is 0. The molecule has 0 saturated heterocycles. The summed E-state index contributed by atoms with van der Waals surface area (Å²) in [7, 11) is 1.52.